The van der Waals surface area contributed by atoms with E-state index < -0.39 is 0 Å². The standard InChI is InChI=1S/C13H18N2O2/c1-15(7-8-16)13(17)12-4-2-3-10-9-14-6-5-11(10)12/h2-4,14,16H,5-9H2,1H3. The van der Waals surface area contributed by atoms with Crippen LogP contribution in [0.4, 0.5) is 0 Å². The Labute approximate surface area is 101 Å². The van der Waals surface area contributed by atoms with Gasteiger partial charge < -0.3 is 15.3 Å². The third-order valence-electron chi connectivity index (χ3n) is 3.15. The molecular weight excluding hydrogens is 216 g/mol. The van der Waals surface area contributed by atoms with Crippen LogP contribution in [-0.4, -0.2) is 42.7 Å². The summed E-state index contributed by atoms with van der Waals surface area (Å²) >= 11 is 0. The minimum absolute atomic E-state index is 0.00117. The van der Waals surface area contributed by atoms with Gasteiger partial charge in [-0.25, -0.2) is 0 Å². The molecule has 1 aromatic carbocycles. The van der Waals surface area contributed by atoms with Crippen LogP contribution in [-0.2, 0) is 13.0 Å². The topological polar surface area (TPSA) is 52.6 Å². The Bertz CT molecular complexity index is 418. The van der Waals surface area contributed by atoms with Crippen molar-refractivity contribution in [2.75, 3.05) is 26.7 Å². The van der Waals surface area contributed by atoms with Crippen molar-refractivity contribution in [3.8, 4) is 0 Å². The first kappa shape index (κ1) is 12.1. The Morgan fingerprint density at radius 2 is 2.35 bits per heavy atom. The second kappa shape index (κ2) is 5.29. The lowest BCUT2D eigenvalue weighted by Gasteiger charge is -2.22. The summed E-state index contributed by atoms with van der Waals surface area (Å²) in [6.07, 6.45) is 0.893. The highest BCUT2D eigenvalue weighted by Crippen LogP contribution is 2.19. The molecule has 0 fully saturated rings. The maximum absolute atomic E-state index is 12.2. The zero-order valence-corrected chi connectivity index (χ0v) is 10.1. The third kappa shape index (κ3) is 2.48. The fourth-order valence-corrected chi connectivity index (χ4v) is 2.19. The SMILES string of the molecule is CN(CCO)C(=O)c1cccc2c1CCNC2. The maximum atomic E-state index is 12.2. The number of aliphatic hydroxyl groups is 1. The van der Waals surface area contributed by atoms with Gasteiger partial charge in [0.15, 0.2) is 0 Å². The van der Waals surface area contributed by atoms with Crippen molar-refractivity contribution in [1.29, 1.82) is 0 Å². The highest BCUT2D eigenvalue weighted by Gasteiger charge is 2.19. The van der Waals surface area contributed by atoms with E-state index in [-0.39, 0.29) is 12.5 Å². The molecule has 92 valence electrons. The lowest BCUT2D eigenvalue weighted by atomic mass is 9.95. The number of nitrogens with one attached hydrogen (secondary N) is 1. The quantitative estimate of drug-likeness (QED) is 0.796. The summed E-state index contributed by atoms with van der Waals surface area (Å²) in [5, 5.41) is 12.2. The number of likely N-dealkylation sites (N-methyl/N-ethyl adjacent to an activating group) is 1. The second-order valence-electron chi connectivity index (χ2n) is 4.32. The largest absolute Gasteiger partial charge is 0.395 e. The number of benzene rings is 1. The molecule has 1 heterocycles. The minimum atomic E-state index is -0.00204. The number of rotatable bonds is 3. The van der Waals surface area contributed by atoms with Crippen molar-refractivity contribution in [3.63, 3.8) is 0 Å². The predicted molar refractivity (Wildman–Crippen MR) is 65.9 cm³/mol. The molecule has 0 aromatic heterocycles. The van der Waals surface area contributed by atoms with Gasteiger partial charge in [-0.3, -0.25) is 4.79 Å². The van der Waals surface area contributed by atoms with Crippen LogP contribution in [0.5, 0.6) is 0 Å². The highest BCUT2D eigenvalue weighted by molar-refractivity contribution is 5.96. The van der Waals surface area contributed by atoms with E-state index in [4.69, 9.17) is 5.11 Å². The summed E-state index contributed by atoms with van der Waals surface area (Å²) in [5.74, 6) is -0.00204. The zero-order valence-electron chi connectivity index (χ0n) is 10.1. The summed E-state index contributed by atoms with van der Waals surface area (Å²) < 4.78 is 0. The first-order chi connectivity index (χ1) is 8.24. The van der Waals surface area contributed by atoms with E-state index in [2.05, 4.69) is 11.4 Å². The van der Waals surface area contributed by atoms with Gasteiger partial charge in [0, 0.05) is 25.7 Å². The number of carbonyl (C=O) groups is 1. The van der Waals surface area contributed by atoms with Gasteiger partial charge >= 0.3 is 0 Å². The first-order valence-corrected chi connectivity index (χ1v) is 5.92. The molecule has 0 bridgehead atoms. The highest BCUT2D eigenvalue weighted by atomic mass is 16.3. The molecule has 0 atom stereocenters. The van der Waals surface area contributed by atoms with Crippen molar-refractivity contribution in [2.24, 2.45) is 0 Å². The Hall–Kier alpha value is -1.39. The van der Waals surface area contributed by atoms with Gasteiger partial charge in [-0.2, -0.15) is 0 Å². The van der Waals surface area contributed by atoms with E-state index in [1.807, 2.05) is 12.1 Å². The normalized spacial score (nSPS) is 14.2. The number of carbonyl (C=O) groups excluding carboxylic acids is 1. The number of hydrogen-bond donors (Lipinski definition) is 2. The molecule has 0 aliphatic carbocycles. The minimum Gasteiger partial charge on any atom is -0.395 e. The molecule has 1 aromatic rings. The van der Waals surface area contributed by atoms with E-state index in [1.165, 1.54) is 5.56 Å². The molecule has 0 unspecified atom stereocenters. The predicted octanol–water partition coefficient (Wildman–Crippen LogP) is 0.397. The third-order valence-corrected chi connectivity index (χ3v) is 3.15. The average molecular weight is 234 g/mol. The van der Waals surface area contributed by atoms with Gasteiger partial charge in [0.1, 0.15) is 0 Å². The molecule has 0 saturated heterocycles. The monoisotopic (exact) mass is 234 g/mol. The van der Waals surface area contributed by atoms with Crippen LogP contribution < -0.4 is 5.32 Å². The van der Waals surface area contributed by atoms with E-state index >= 15 is 0 Å². The Balaban J connectivity index is 2.29. The van der Waals surface area contributed by atoms with Crippen molar-refractivity contribution in [3.05, 3.63) is 34.9 Å². The summed E-state index contributed by atoms with van der Waals surface area (Å²) in [6.45, 7) is 2.13. The van der Waals surface area contributed by atoms with Gasteiger partial charge in [0.25, 0.3) is 5.91 Å². The fraction of sp³-hybridized carbons (Fsp3) is 0.462. The van der Waals surface area contributed by atoms with Crippen LogP contribution in [0, 0.1) is 0 Å². The van der Waals surface area contributed by atoms with Crippen LogP contribution in [0.2, 0.25) is 0 Å². The van der Waals surface area contributed by atoms with E-state index in [0.29, 0.717) is 6.54 Å². The van der Waals surface area contributed by atoms with Crippen molar-refractivity contribution in [2.45, 2.75) is 13.0 Å². The number of amides is 1. The average Bonchev–Trinajstić information content (AvgIpc) is 2.37. The lowest BCUT2D eigenvalue weighted by molar-refractivity contribution is 0.0765. The van der Waals surface area contributed by atoms with Gasteiger partial charge in [0.2, 0.25) is 0 Å². The Morgan fingerprint density at radius 1 is 1.53 bits per heavy atom. The molecule has 1 aliphatic rings. The molecule has 2 rings (SSSR count). The van der Waals surface area contributed by atoms with E-state index in [0.717, 1.165) is 30.6 Å². The molecule has 4 nitrogen and oxygen atoms in total. The molecule has 4 heteroatoms. The summed E-state index contributed by atoms with van der Waals surface area (Å²) in [4.78, 5) is 13.8. The number of nitrogens with zero attached hydrogens (tertiary/aromatic N) is 1. The van der Waals surface area contributed by atoms with Crippen molar-refractivity contribution >= 4 is 5.91 Å². The van der Waals surface area contributed by atoms with Crippen molar-refractivity contribution < 1.29 is 9.90 Å². The van der Waals surface area contributed by atoms with Crippen LogP contribution in [0.3, 0.4) is 0 Å². The number of hydrogen-bond acceptors (Lipinski definition) is 3. The molecule has 2 N–H and O–H groups in total. The van der Waals surface area contributed by atoms with E-state index in [9.17, 15) is 4.79 Å². The van der Waals surface area contributed by atoms with Gasteiger partial charge in [-0.05, 0) is 30.2 Å². The molecule has 1 aliphatic heterocycles. The molecule has 17 heavy (non-hydrogen) atoms. The zero-order chi connectivity index (χ0) is 12.3. The second-order valence-corrected chi connectivity index (χ2v) is 4.32. The summed E-state index contributed by atoms with van der Waals surface area (Å²) in [5.41, 5.74) is 3.14. The van der Waals surface area contributed by atoms with Gasteiger partial charge in [-0.15, -0.1) is 0 Å². The van der Waals surface area contributed by atoms with Crippen LogP contribution in [0.1, 0.15) is 21.5 Å². The van der Waals surface area contributed by atoms with Crippen LogP contribution >= 0.6 is 0 Å². The number of aliphatic hydroxyl groups excluding tert-OH is 1. The van der Waals surface area contributed by atoms with Crippen molar-refractivity contribution in [1.82, 2.24) is 10.2 Å². The van der Waals surface area contributed by atoms with Crippen LogP contribution in [0.25, 0.3) is 0 Å². The molecule has 0 radical (unpaired) electrons. The lowest BCUT2D eigenvalue weighted by Crippen LogP contribution is -2.32. The maximum Gasteiger partial charge on any atom is 0.253 e. The Kier molecular flexibility index (Phi) is 3.76. The summed E-state index contributed by atoms with van der Waals surface area (Å²) in [7, 11) is 1.72. The smallest absolute Gasteiger partial charge is 0.253 e. The van der Waals surface area contributed by atoms with Crippen LogP contribution in [0.15, 0.2) is 18.2 Å². The molecule has 1 amide bonds. The Morgan fingerprint density at radius 3 is 3.12 bits per heavy atom. The first-order valence-electron chi connectivity index (χ1n) is 5.92. The molecular formula is C13H18N2O2. The van der Waals surface area contributed by atoms with Gasteiger partial charge in [0.05, 0.1) is 6.61 Å². The van der Waals surface area contributed by atoms with E-state index in [1.54, 1.807) is 11.9 Å². The number of fused-ring (bicyclic) bond motifs is 1. The van der Waals surface area contributed by atoms with Gasteiger partial charge in [-0.1, -0.05) is 12.1 Å². The fourth-order valence-electron chi connectivity index (χ4n) is 2.19. The summed E-state index contributed by atoms with van der Waals surface area (Å²) in [6, 6.07) is 5.86. The molecule has 0 saturated carbocycles. The molecule has 0 spiro atoms.